The molecule has 0 spiro atoms. The van der Waals surface area contributed by atoms with Crippen LogP contribution in [-0.2, 0) is 37.4 Å². The Hall–Kier alpha value is -3.29. The van der Waals surface area contributed by atoms with Gasteiger partial charge in [0, 0.05) is 37.6 Å². The molecule has 1 saturated heterocycles. The Balaban J connectivity index is 1.60. The highest BCUT2D eigenvalue weighted by molar-refractivity contribution is 7.92. The number of benzene rings is 2. The van der Waals surface area contributed by atoms with Gasteiger partial charge in [-0.25, -0.2) is 13.2 Å². The molecule has 1 fully saturated rings. The number of ether oxygens (including phenoxy) is 1. The van der Waals surface area contributed by atoms with Gasteiger partial charge >= 0.3 is 6.03 Å². The fourth-order valence-corrected chi connectivity index (χ4v) is 5.20. The molecule has 0 saturated carbocycles. The van der Waals surface area contributed by atoms with E-state index in [1.165, 1.54) is 6.08 Å². The van der Waals surface area contributed by atoms with Gasteiger partial charge in [0.25, 0.3) is 10.0 Å². The van der Waals surface area contributed by atoms with E-state index in [-0.39, 0.29) is 18.4 Å². The number of carbonyl (C=O) groups excluding carboxylic acids is 2. The summed E-state index contributed by atoms with van der Waals surface area (Å²) in [6.07, 6.45) is 2.92. The van der Waals surface area contributed by atoms with Crippen LogP contribution >= 0.6 is 0 Å². The summed E-state index contributed by atoms with van der Waals surface area (Å²) in [5.74, 6) is -0.250. The minimum absolute atomic E-state index is 0.0686. The molecule has 0 aliphatic carbocycles. The molecule has 1 heterocycles. The van der Waals surface area contributed by atoms with Crippen LogP contribution in [0.25, 0.3) is 0 Å². The Labute approximate surface area is 255 Å². The highest BCUT2D eigenvalue weighted by Crippen LogP contribution is 2.10. The molecule has 236 valence electrons. The number of hydrogen-bond acceptors (Lipinski definition) is 7. The van der Waals surface area contributed by atoms with Gasteiger partial charge < -0.3 is 20.7 Å². The van der Waals surface area contributed by atoms with Crippen molar-refractivity contribution in [2.75, 3.05) is 39.4 Å². The average molecular weight is 616 g/mol. The van der Waals surface area contributed by atoms with Crippen LogP contribution in [-0.4, -0.2) is 76.7 Å². The summed E-state index contributed by atoms with van der Waals surface area (Å²) < 4.78 is 30.6. The third-order valence-electron chi connectivity index (χ3n) is 6.81. The van der Waals surface area contributed by atoms with E-state index in [1.54, 1.807) is 0 Å². The molecule has 2 atom stereocenters. The highest BCUT2D eigenvalue weighted by atomic mass is 32.2. The molecule has 2 aromatic rings. The van der Waals surface area contributed by atoms with Crippen LogP contribution in [0.1, 0.15) is 37.8 Å². The molecule has 4 N–H and O–H groups in total. The zero-order valence-corrected chi connectivity index (χ0v) is 25.9. The Bertz CT molecular complexity index is 1240. The van der Waals surface area contributed by atoms with Crippen LogP contribution in [0.3, 0.4) is 0 Å². The first-order valence-electron chi connectivity index (χ1n) is 14.7. The molecular weight excluding hydrogens is 570 g/mol. The number of carbonyl (C=O) groups is 2. The van der Waals surface area contributed by atoms with Gasteiger partial charge in [0.1, 0.15) is 6.04 Å². The lowest BCUT2D eigenvalue weighted by atomic mass is 10.0. The van der Waals surface area contributed by atoms with Gasteiger partial charge in [-0.3, -0.25) is 14.5 Å². The van der Waals surface area contributed by atoms with E-state index < -0.39 is 28.1 Å². The Morgan fingerprint density at radius 3 is 2.28 bits per heavy atom. The largest absolute Gasteiger partial charge is 0.379 e. The molecule has 0 bridgehead atoms. The molecule has 0 radical (unpaired) electrons. The predicted octanol–water partition coefficient (Wildman–Crippen LogP) is 2.72. The van der Waals surface area contributed by atoms with Crippen molar-refractivity contribution in [2.24, 2.45) is 5.92 Å². The SMILES string of the molecule is CC(C)C[C@H](NC(=O)NCCN1CCOCC1)C(=O)N[C@H](/C=C/S(=O)(=O)NOCc1ccccc1)CCc1ccccc1. The molecule has 2 aromatic carbocycles. The first-order valence-corrected chi connectivity index (χ1v) is 16.3. The van der Waals surface area contributed by atoms with E-state index in [0.717, 1.165) is 29.6 Å². The van der Waals surface area contributed by atoms with E-state index in [1.807, 2.05) is 74.5 Å². The van der Waals surface area contributed by atoms with Crippen molar-refractivity contribution in [3.63, 3.8) is 0 Å². The lowest BCUT2D eigenvalue weighted by Gasteiger charge is -2.27. The molecule has 12 heteroatoms. The van der Waals surface area contributed by atoms with Gasteiger partial charge in [0.2, 0.25) is 5.91 Å². The maximum atomic E-state index is 13.4. The summed E-state index contributed by atoms with van der Waals surface area (Å²) in [5.41, 5.74) is 1.87. The van der Waals surface area contributed by atoms with Crippen molar-refractivity contribution in [1.29, 1.82) is 0 Å². The molecule has 3 rings (SSSR count). The van der Waals surface area contributed by atoms with Gasteiger partial charge in [-0.05, 0) is 42.4 Å². The van der Waals surface area contributed by atoms with Gasteiger partial charge in [0.05, 0.1) is 19.8 Å². The van der Waals surface area contributed by atoms with Crippen LogP contribution in [0.4, 0.5) is 4.79 Å². The highest BCUT2D eigenvalue weighted by Gasteiger charge is 2.24. The minimum atomic E-state index is -3.94. The molecule has 0 unspecified atom stereocenters. The third-order valence-corrected chi connectivity index (χ3v) is 7.67. The van der Waals surface area contributed by atoms with Gasteiger partial charge in [-0.15, -0.1) is 0 Å². The standard InChI is InChI=1S/C31H45N5O6S/c1-25(2)23-29(34-31(38)32-16-17-36-18-20-41-21-19-36)30(37)33-28(14-13-26-9-5-3-6-10-26)15-22-43(39,40)35-42-24-27-11-7-4-8-12-27/h3-12,15,22,25,28-29,35H,13-14,16-21,23-24H2,1-2H3,(H,33,37)(H2,32,34,38)/b22-15+/t28-,29-/m0/s1. The summed E-state index contributed by atoms with van der Waals surface area (Å²) in [6.45, 7) is 8.16. The molecule has 1 aliphatic rings. The maximum Gasteiger partial charge on any atom is 0.315 e. The summed E-state index contributed by atoms with van der Waals surface area (Å²) in [7, 11) is -3.94. The van der Waals surface area contributed by atoms with E-state index in [2.05, 4.69) is 25.7 Å². The second kappa shape index (κ2) is 18.4. The number of morpholine rings is 1. The van der Waals surface area contributed by atoms with Crippen molar-refractivity contribution in [3.05, 3.63) is 83.3 Å². The summed E-state index contributed by atoms with van der Waals surface area (Å²) in [5, 5.41) is 9.57. The monoisotopic (exact) mass is 615 g/mol. The van der Waals surface area contributed by atoms with Crippen molar-refractivity contribution in [2.45, 2.75) is 51.8 Å². The lowest BCUT2D eigenvalue weighted by Crippen LogP contribution is -2.53. The number of sulfonamides is 1. The molecule has 3 amide bonds. The Kier molecular flexibility index (Phi) is 14.6. The molecule has 11 nitrogen and oxygen atoms in total. The van der Waals surface area contributed by atoms with Crippen LogP contribution in [0.15, 0.2) is 72.1 Å². The number of hydrogen-bond donors (Lipinski definition) is 4. The number of rotatable bonds is 17. The maximum absolute atomic E-state index is 13.4. The topological polar surface area (TPSA) is 138 Å². The van der Waals surface area contributed by atoms with Crippen LogP contribution in [0, 0.1) is 5.92 Å². The van der Waals surface area contributed by atoms with Crippen molar-refractivity contribution in [3.8, 4) is 0 Å². The molecule has 1 aliphatic heterocycles. The Morgan fingerprint density at radius 1 is 0.977 bits per heavy atom. The number of nitrogens with zero attached hydrogens (tertiary/aromatic N) is 1. The van der Waals surface area contributed by atoms with Crippen molar-refractivity contribution >= 4 is 22.0 Å². The van der Waals surface area contributed by atoms with Crippen LogP contribution < -0.4 is 20.8 Å². The van der Waals surface area contributed by atoms with E-state index in [4.69, 9.17) is 9.57 Å². The normalized spacial score (nSPS) is 15.7. The van der Waals surface area contributed by atoms with Crippen molar-refractivity contribution < 1.29 is 27.6 Å². The fraction of sp³-hybridized carbons (Fsp3) is 0.484. The van der Waals surface area contributed by atoms with Gasteiger partial charge in [-0.1, -0.05) is 79.4 Å². The van der Waals surface area contributed by atoms with Gasteiger partial charge in [0.15, 0.2) is 0 Å². The van der Waals surface area contributed by atoms with Crippen LogP contribution in [0.2, 0.25) is 0 Å². The minimum Gasteiger partial charge on any atom is -0.379 e. The zero-order valence-electron chi connectivity index (χ0n) is 25.0. The number of amides is 3. The summed E-state index contributed by atoms with van der Waals surface area (Å²) >= 11 is 0. The third kappa shape index (κ3) is 14.2. The van der Waals surface area contributed by atoms with E-state index in [9.17, 15) is 18.0 Å². The average Bonchev–Trinajstić information content (AvgIpc) is 2.99. The first kappa shape index (κ1) is 34.2. The number of urea groups is 1. The first-order chi connectivity index (χ1) is 20.7. The number of aryl methyl sites for hydroxylation is 1. The molecule has 0 aromatic heterocycles. The number of nitrogens with one attached hydrogen (secondary N) is 4. The molecular formula is C31H45N5O6S. The fourth-order valence-electron chi connectivity index (χ4n) is 4.53. The van der Waals surface area contributed by atoms with E-state index >= 15 is 0 Å². The van der Waals surface area contributed by atoms with E-state index in [0.29, 0.717) is 45.6 Å². The van der Waals surface area contributed by atoms with Crippen molar-refractivity contribution in [1.82, 2.24) is 25.7 Å². The quantitative estimate of drug-likeness (QED) is 0.201. The predicted molar refractivity (Wildman–Crippen MR) is 166 cm³/mol. The smallest absolute Gasteiger partial charge is 0.315 e. The summed E-state index contributed by atoms with van der Waals surface area (Å²) in [6, 6.07) is 17.1. The van der Waals surface area contributed by atoms with Crippen LogP contribution in [0.5, 0.6) is 0 Å². The molecule has 43 heavy (non-hydrogen) atoms. The zero-order chi connectivity index (χ0) is 30.9. The second-order valence-electron chi connectivity index (χ2n) is 10.9. The lowest BCUT2D eigenvalue weighted by molar-refractivity contribution is -0.123. The summed E-state index contributed by atoms with van der Waals surface area (Å²) in [4.78, 5) is 35.6. The Morgan fingerprint density at radius 2 is 1.63 bits per heavy atom. The second-order valence-corrected chi connectivity index (χ2v) is 12.4. The van der Waals surface area contributed by atoms with Gasteiger partial charge in [-0.2, -0.15) is 0 Å².